The first kappa shape index (κ1) is 12.8. The minimum atomic E-state index is -0.0722. The van der Waals surface area contributed by atoms with Crippen LogP contribution < -0.4 is 0 Å². The number of benzene rings is 1. The number of carbonyl (C=O) groups is 1. The summed E-state index contributed by atoms with van der Waals surface area (Å²) in [6.07, 6.45) is 0.763. The SMILES string of the molecule is CCC(C)C(=O)c1cc(Cl)cc(Cl)c1Cl. The highest BCUT2D eigenvalue weighted by atomic mass is 35.5. The summed E-state index contributed by atoms with van der Waals surface area (Å²) in [7, 11) is 0. The van der Waals surface area contributed by atoms with E-state index in [-0.39, 0.29) is 16.7 Å². The Kier molecular flexibility index (Phi) is 4.45. The van der Waals surface area contributed by atoms with E-state index in [1.165, 1.54) is 6.07 Å². The monoisotopic (exact) mass is 264 g/mol. The van der Waals surface area contributed by atoms with Gasteiger partial charge in [-0.3, -0.25) is 4.79 Å². The highest BCUT2D eigenvalue weighted by Gasteiger charge is 2.18. The maximum atomic E-state index is 11.9. The molecule has 1 unspecified atom stereocenters. The van der Waals surface area contributed by atoms with Crippen LogP contribution in [0.3, 0.4) is 0 Å². The second kappa shape index (κ2) is 5.20. The van der Waals surface area contributed by atoms with Gasteiger partial charge in [0.15, 0.2) is 5.78 Å². The molecule has 0 aromatic heterocycles. The molecular weight excluding hydrogens is 254 g/mol. The normalized spacial score (nSPS) is 12.6. The molecular formula is C11H11Cl3O. The highest BCUT2D eigenvalue weighted by Crippen LogP contribution is 2.31. The Balaban J connectivity index is 3.19. The average Bonchev–Trinajstić information content (AvgIpc) is 2.21. The predicted octanol–water partition coefficient (Wildman–Crippen LogP) is 4.88. The van der Waals surface area contributed by atoms with Gasteiger partial charge in [-0.05, 0) is 18.6 Å². The van der Waals surface area contributed by atoms with Gasteiger partial charge < -0.3 is 0 Å². The van der Waals surface area contributed by atoms with Crippen LogP contribution in [0.5, 0.6) is 0 Å². The second-order valence-electron chi connectivity index (χ2n) is 3.42. The standard InChI is InChI=1S/C11H11Cl3O/c1-3-6(2)11(15)8-4-7(12)5-9(13)10(8)14/h4-6H,3H2,1-2H3. The Morgan fingerprint density at radius 1 is 1.33 bits per heavy atom. The lowest BCUT2D eigenvalue weighted by Gasteiger charge is -2.10. The molecule has 0 radical (unpaired) electrons. The van der Waals surface area contributed by atoms with E-state index in [2.05, 4.69) is 0 Å². The molecule has 4 heteroatoms. The van der Waals surface area contributed by atoms with Gasteiger partial charge >= 0.3 is 0 Å². The molecule has 1 nitrogen and oxygen atoms in total. The molecule has 0 heterocycles. The molecule has 0 aliphatic rings. The summed E-state index contributed by atoms with van der Waals surface area (Å²) < 4.78 is 0. The van der Waals surface area contributed by atoms with Crippen molar-refractivity contribution >= 4 is 40.6 Å². The molecule has 0 aliphatic carbocycles. The lowest BCUT2D eigenvalue weighted by molar-refractivity contribution is 0.0927. The maximum Gasteiger partial charge on any atom is 0.167 e. The summed E-state index contributed by atoms with van der Waals surface area (Å²) >= 11 is 17.6. The predicted molar refractivity (Wildman–Crippen MR) is 65.3 cm³/mol. The number of rotatable bonds is 3. The van der Waals surface area contributed by atoms with Crippen molar-refractivity contribution in [3.05, 3.63) is 32.8 Å². The maximum absolute atomic E-state index is 11.9. The number of hydrogen-bond acceptors (Lipinski definition) is 1. The van der Waals surface area contributed by atoms with E-state index < -0.39 is 0 Å². The third-order valence-electron chi connectivity index (χ3n) is 2.32. The Bertz CT molecular complexity index is 388. The molecule has 0 saturated carbocycles. The summed E-state index contributed by atoms with van der Waals surface area (Å²) in [5.41, 5.74) is 0.406. The van der Waals surface area contributed by atoms with Gasteiger partial charge in [-0.15, -0.1) is 0 Å². The highest BCUT2D eigenvalue weighted by molar-refractivity contribution is 6.45. The van der Waals surface area contributed by atoms with Gasteiger partial charge in [0.1, 0.15) is 0 Å². The Morgan fingerprint density at radius 3 is 2.47 bits per heavy atom. The van der Waals surface area contributed by atoms with Gasteiger partial charge in [-0.1, -0.05) is 48.7 Å². The molecule has 0 spiro atoms. The summed E-state index contributed by atoms with van der Waals surface area (Å²) in [4.78, 5) is 11.9. The number of carbonyl (C=O) groups excluding carboxylic acids is 1. The molecule has 1 aromatic rings. The van der Waals surface area contributed by atoms with E-state index in [9.17, 15) is 4.79 Å². The van der Waals surface area contributed by atoms with Crippen LogP contribution in [0.2, 0.25) is 15.1 Å². The zero-order valence-electron chi connectivity index (χ0n) is 8.48. The molecule has 0 aliphatic heterocycles. The number of hydrogen-bond donors (Lipinski definition) is 0. The van der Waals surface area contributed by atoms with Crippen molar-refractivity contribution in [2.75, 3.05) is 0 Å². The summed E-state index contributed by atoms with van der Waals surface area (Å²) in [5.74, 6) is -0.0936. The fourth-order valence-corrected chi connectivity index (χ4v) is 1.88. The average molecular weight is 266 g/mol. The summed E-state index contributed by atoms with van der Waals surface area (Å²) in [5, 5.41) is 1.03. The van der Waals surface area contributed by atoms with Crippen molar-refractivity contribution in [2.45, 2.75) is 20.3 Å². The Hall–Kier alpha value is -0.240. The zero-order chi connectivity index (χ0) is 11.6. The van der Waals surface area contributed by atoms with Crippen LogP contribution in [-0.4, -0.2) is 5.78 Å². The van der Waals surface area contributed by atoms with Crippen LogP contribution in [0.25, 0.3) is 0 Å². The molecule has 1 atom stereocenters. The first-order valence-corrected chi connectivity index (χ1v) is 5.79. The molecule has 0 N–H and O–H groups in total. The van der Waals surface area contributed by atoms with Crippen LogP contribution in [0.4, 0.5) is 0 Å². The van der Waals surface area contributed by atoms with Crippen molar-refractivity contribution in [2.24, 2.45) is 5.92 Å². The number of Topliss-reactive ketones (excluding diaryl/α,β-unsaturated/α-hetero) is 1. The van der Waals surface area contributed by atoms with E-state index in [1.54, 1.807) is 6.07 Å². The van der Waals surface area contributed by atoms with Crippen molar-refractivity contribution in [3.8, 4) is 0 Å². The molecule has 0 fully saturated rings. The quantitative estimate of drug-likeness (QED) is 0.562. The second-order valence-corrected chi connectivity index (χ2v) is 4.64. The van der Waals surface area contributed by atoms with Crippen molar-refractivity contribution in [1.29, 1.82) is 0 Å². The fraction of sp³-hybridized carbons (Fsp3) is 0.364. The Labute approximate surface area is 104 Å². The molecule has 0 saturated heterocycles. The molecule has 15 heavy (non-hydrogen) atoms. The molecule has 1 rings (SSSR count). The van der Waals surface area contributed by atoms with Crippen LogP contribution in [0.15, 0.2) is 12.1 Å². The van der Waals surface area contributed by atoms with Gasteiger partial charge in [-0.2, -0.15) is 0 Å². The summed E-state index contributed by atoms with van der Waals surface area (Å²) in [6.45, 7) is 3.80. The van der Waals surface area contributed by atoms with Gasteiger partial charge in [0, 0.05) is 16.5 Å². The number of ketones is 1. The largest absolute Gasteiger partial charge is 0.294 e. The Morgan fingerprint density at radius 2 is 1.93 bits per heavy atom. The number of halogens is 3. The lowest BCUT2D eigenvalue weighted by Crippen LogP contribution is -2.10. The van der Waals surface area contributed by atoms with E-state index in [4.69, 9.17) is 34.8 Å². The van der Waals surface area contributed by atoms with Gasteiger partial charge in [0.2, 0.25) is 0 Å². The van der Waals surface area contributed by atoms with Crippen molar-refractivity contribution in [1.82, 2.24) is 0 Å². The van der Waals surface area contributed by atoms with Crippen LogP contribution >= 0.6 is 34.8 Å². The third kappa shape index (κ3) is 2.87. The van der Waals surface area contributed by atoms with Crippen LogP contribution in [-0.2, 0) is 0 Å². The fourth-order valence-electron chi connectivity index (χ4n) is 1.19. The minimum absolute atomic E-state index is 0.0214. The topological polar surface area (TPSA) is 17.1 Å². The van der Waals surface area contributed by atoms with Crippen molar-refractivity contribution < 1.29 is 4.79 Å². The molecule has 0 bridgehead atoms. The lowest BCUT2D eigenvalue weighted by atomic mass is 9.97. The summed E-state index contributed by atoms with van der Waals surface area (Å²) in [6, 6.07) is 3.09. The molecule has 82 valence electrons. The zero-order valence-corrected chi connectivity index (χ0v) is 10.7. The van der Waals surface area contributed by atoms with Crippen molar-refractivity contribution in [3.63, 3.8) is 0 Å². The first-order chi connectivity index (χ1) is 6.97. The third-order valence-corrected chi connectivity index (χ3v) is 3.34. The van der Waals surface area contributed by atoms with Gasteiger partial charge in [0.25, 0.3) is 0 Å². The van der Waals surface area contributed by atoms with Gasteiger partial charge in [0.05, 0.1) is 10.0 Å². The van der Waals surface area contributed by atoms with Crippen LogP contribution in [0, 0.1) is 5.92 Å². The smallest absolute Gasteiger partial charge is 0.167 e. The first-order valence-electron chi connectivity index (χ1n) is 4.66. The van der Waals surface area contributed by atoms with Crippen LogP contribution in [0.1, 0.15) is 30.6 Å². The van der Waals surface area contributed by atoms with E-state index in [0.29, 0.717) is 15.6 Å². The van der Waals surface area contributed by atoms with Gasteiger partial charge in [-0.25, -0.2) is 0 Å². The van der Waals surface area contributed by atoms with E-state index in [0.717, 1.165) is 6.42 Å². The van der Waals surface area contributed by atoms with E-state index in [1.807, 2.05) is 13.8 Å². The molecule has 0 amide bonds. The van der Waals surface area contributed by atoms with E-state index >= 15 is 0 Å². The molecule has 1 aromatic carbocycles. The minimum Gasteiger partial charge on any atom is -0.294 e.